The van der Waals surface area contributed by atoms with Crippen molar-refractivity contribution < 1.29 is 9.47 Å². The molecule has 0 amide bonds. The van der Waals surface area contributed by atoms with Crippen molar-refractivity contribution in [1.82, 2.24) is 5.32 Å². The quantitative estimate of drug-likeness (QED) is 0.658. The topological polar surface area (TPSA) is 30.5 Å². The molecule has 70 valence electrons. The van der Waals surface area contributed by atoms with Gasteiger partial charge < -0.3 is 14.8 Å². The van der Waals surface area contributed by atoms with Crippen LogP contribution in [0.25, 0.3) is 0 Å². The van der Waals surface area contributed by atoms with Crippen molar-refractivity contribution in [2.24, 2.45) is 0 Å². The maximum Gasteiger partial charge on any atom is 0.0933 e. The van der Waals surface area contributed by atoms with Gasteiger partial charge in [-0.25, -0.2) is 0 Å². The van der Waals surface area contributed by atoms with Crippen molar-refractivity contribution in [3.63, 3.8) is 0 Å². The molecule has 1 aliphatic heterocycles. The first-order valence-corrected chi connectivity index (χ1v) is 4.70. The smallest absolute Gasteiger partial charge is 0.0933 e. The standard InChI is InChI=1S/C9H17NO2/c1-11-6-8-5-10-9(7-12-8)3-2-4-9/h8,10H,2-7H2,1H3. The molecule has 0 aromatic carbocycles. The average molecular weight is 171 g/mol. The van der Waals surface area contributed by atoms with E-state index in [1.165, 1.54) is 19.3 Å². The lowest BCUT2D eigenvalue weighted by molar-refractivity contribution is -0.0836. The van der Waals surface area contributed by atoms with E-state index in [1.807, 2.05) is 0 Å². The maximum absolute atomic E-state index is 5.69. The Balaban J connectivity index is 1.77. The van der Waals surface area contributed by atoms with Gasteiger partial charge in [0.25, 0.3) is 0 Å². The second kappa shape index (κ2) is 3.32. The molecule has 1 heterocycles. The fourth-order valence-corrected chi connectivity index (χ4v) is 1.94. The van der Waals surface area contributed by atoms with Crippen LogP contribution in [0.2, 0.25) is 0 Å². The summed E-state index contributed by atoms with van der Waals surface area (Å²) < 4.78 is 10.7. The molecule has 1 saturated carbocycles. The minimum Gasteiger partial charge on any atom is -0.382 e. The lowest BCUT2D eigenvalue weighted by atomic mass is 9.76. The molecule has 1 spiro atoms. The Kier molecular flexibility index (Phi) is 2.35. The van der Waals surface area contributed by atoms with Gasteiger partial charge in [0.05, 0.1) is 19.3 Å². The molecule has 1 aliphatic carbocycles. The summed E-state index contributed by atoms with van der Waals surface area (Å²) >= 11 is 0. The molecule has 0 radical (unpaired) electrons. The van der Waals surface area contributed by atoms with E-state index < -0.39 is 0 Å². The van der Waals surface area contributed by atoms with Crippen LogP contribution in [0.1, 0.15) is 19.3 Å². The monoisotopic (exact) mass is 171 g/mol. The Labute approximate surface area is 73.4 Å². The van der Waals surface area contributed by atoms with Gasteiger partial charge in [0.15, 0.2) is 0 Å². The van der Waals surface area contributed by atoms with E-state index in [1.54, 1.807) is 7.11 Å². The molecule has 3 nitrogen and oxygen atoms in total. The molecular formula is C9H17NO2. The minimum atomic E-state index is 0.265. The van der Waals surface area contributed by atoms with Gasteiger partial charge in [0, 0.05) is 19.2 Å². The van der Waals surface area contributed by atoms with E-state index in [0.717, 1.165) is 13.2 Å². The van der Waals surface area contributed by atoms with Crippen LogP contribution < -0.4 is 5.32 Å². The third-order valence-corrected chi connectivity index (χ3v) is 2.96. The Bertz CT molecular complexity index is 147. The molecule has 1 saturated heterocycles. The van der Waals surface area contributed by atoms with Crippen LogP contribution >= 0.6 is 0 Å². The SMILES string of the molecule is COCC1CNC2(CCC2)CO1. The average Bonchev–Trinajstić information content (AvgIpc) is 2.04. The van der Waals surface area contributed by atoms with E-state index in [2.05, 4.69) is 5.32 Å². The zero-order valence-electron chi connectivity index (χ0n) is 7.64. The lowest BCUT2D eigenvalue weighted by Crippen LogP contribution is -2.61. The molecular weight excluding hydrogens is 154 g/mol. The summed E-state index contributed by atoms with van der Waals surface area (Å²) in [7, 11) is 1.72. The van der Waals surface area contributed by atoms with Crippen molar-refractivity contribution >= 4 is 0 Å². The molecule has 2 fully saturated rings. The van der Waals surface area contributed by atoms with Crippen LogP contribution in [-0.2, 0) is 9.47 Å². The Morgan fingerprint density at radius 2 is 2.42 bits per heavy atom. The molecule has 1 N–H and O–H groups in total. The second-order valence-corrected chi connectivity index (χ2v) is 3.90. The van der Waals surface area contributed by atoms with E-state index >= 15 is 0 Å². The predicted octanol–water partition coefficient (Wildman–Crippen LogP) is 0.544. The highest BCUT2D eigenvalue weighted by Crippen LogP contribution is 2.33. The van der Waals surface area contributed by atoms with Gasteiger partial charge in [-0.1, -0.05) is 0 Å². The number of morpholine rings is 1. The highest BCUT2D eigenvalue weighted by Gasteiger charge is 2.40. The van der Waals surface area contributed by atoms with E-state index in [9.17, 15) is 0 Å². The highest BCUT2D eigenvalue weighted by atomic mass is 16.5. The minimum absolute atomic E-state index is 0.265. The summed E-state index contributed by atoms with van der Waals surface area (Å²) in [6, 6.07) is 0. The Morgan fingerprint density at radius 3 is 2.83 bits per heavy atom. The Hall–Kier alpha value is -0.120. The summed E-state index contributed by atoms with van der Waals surface area (Å²) in [5, 5.41) is 3.56. The normalized spacial score (nSPS) is 33.2. The summed E-state index contributed by atoms with van der Waals surface area (Å²) in [4.78, 5) is 0. The number of ether oxygens (including phenoxy) is 2. The zero-order chi connectivity index (χ0) is 8.44. The van der Waals surface area contributed by atoms with Gasteiger partial charge in [0.2, 0.25) is 0 Å². The molecule has 0 aromatic heterocycles. The van der Waals surface area contributed by atoms with E-state index in [4.69, 9.17) is 9.47 Å². The van der Waals surface area contributed by atoms with Crippen LogP contribution in [0.15, 0.2) is 0 Å². The zero-order valence-corrected chi connectivity index (χ0v) is 7.64. The van der Waals surface area contributed by atoms with Crippen LogP contribution in [0.3, 0.4) is 0 Å². The third kappa shape index (κ3) is 1.49. The van der Waals surface area contributed by atoms with E-state index in [0.29, 0.717) is 12.1 Å². The van der Waals surface area contributed by atoms with Crippen molar-refractivity contribution in [1.29, 1.82) is 0 Å². The third-order valence-electron chi connectivity index (χ3n) is 2.96. The molecule has 0 bridgehead atoms. The molecule has 2 rings (SSSR count). The number of rotatable bonds is 2. The van der Waals surface area contributed by atoms with Crippen molar-refractivity contribution in [2.75, 3.05) is 26.9 Å². The Morgan fingerprint density at radius 1 is 1.58 bits per heavy atom. The summed E-state index contributed by atoms with van der Waals surface area (Å²) in [5.74, 6) is 0. The fourth-order valence-electron chi connectivity index (χ4n) is 1.94. The molecule has 2 aliphatic rings. The highest BCUT2D eigenvalue weighted by molar-refractivity contribution is 4.98. The lowest BCUT2D eigenvalue weighted by Gasteiger charge is -2.47. The van der Waals surface area contributed by atoms with Crippen molar-refractivity contribution in [3.8, 4) is 0 Å². The second-order valence-electron chi connectivity index (χ2n) is 3.90. The summed E-state index contributed by atoms with van der Waals surface area (Å²) in [6.07, 6.45) is 4.19. The number of methoxy groups -OCH3 is 1. The van der Waals surface area contributed by atoms with Crippen LogP contribution in [-0.4, -0.2) is 38.5 Å². The van der Waals surface area contributed by atoms with Gasteiger partial charge in [0.1, 0.15) is 0 Å². The number of hydrogen-bond acceptors (Lipinski definition) is 3. The van der Waals surface area contributed by atoms with Gasteiger partial charge in [-0.2, -0.15) is 0 Å². The largest absolute Gasteiger partial charge is 0.382 e. The first-order valence-electron chi connectivity index (χ1n) is 4.70. The maximum atomic E-state index is 5.69. The number of nitrogens with one attached hydrogen (secondary N) is 1. The molecule has 12 heavy (non-hydrogen) atoms. The summed E-state index contributed by atoms with van der Waals surface area (Å²) in [5.41, 5.74) is 0.351. The molecule has 3 heteroatoms. The van der Waals surface area contributed by atoms with Crippen LogP contribution in [0, 0.1) is 0 Å². The summed E-state index contributed by atoms with van der Waals surface area (Å²) in [6.45, 7) is 2.54. The van der Waals surface area contributed by atoms with Gasteiger partial charge >= 0.3 is 0 Å². The first-order chi connectivity index (χ1) is 5.85. The van der Waals surface area contributed by atoms with Crippen molar-refractivity contribution in [3.05, 3.63) is 0 Å². The van der Waals surface area contributed by atoms with Crippen molar-refractivity contribution in [2.45, 2.75) is 30.9 Å². The van der Waals surface area contributed by atoms with Crippen LogP contribution in [0.4, 0.5) is 0 Å². The van der Waals surface area contributed by atoms with Gasteiger partial charge in [-0.3, -0.25) is 0 Å². The molecule has 1 unspecified atom stereocenters. The first kappa shape index (κ1) is 8.48. The molecule has 0 aromatic rings. The van der Waals surface area contributed by atoms with Gasteiger partial charge in [-0.15, -0.1) is 0 Å². The molecule has 1 atom stereocenters. The predicted molar refractivity (Wildman–Crippen MR) is 46.2 cm³/mol. The number of hydrogen-bond donors (Lipinski definition) is 1. The fraction of sp³-hybridized carbons (Fsp3) is 1.00. The van der Waals surface area contributed by atoms with E-state index in [-0.39, 0.29) is 6.10 Å². The van der Waals surface area contributed by atoms with Gasteiger partial charge in [-0.05, 0) is 19.3 Å². The van der Waals surface area contributed by atoms with Crippen LogP contribution in [0.5, 0.6) is 0 Å².